The van der Waals surface area contributed by atoms with Gasteiger partial charge >= 0.3 is 12.0 Å². The maximum Gasteiger partial charge on any atom is 0.320 e. The van der Waals surface area contributed by atoms with E-state index in [0.717, 1.165) is 19.3 Å². The Morgan fingerprint density at radius 2 is 2.15 bits per heavy atom. The van der Waals surface area contributed by atoms with Crippen LogP contribution in [0.2, 0.25) is 0 Å². The summed E-state index contributed by atoms with van der Waals surface area (Å²) >= 11 is 0. The molecule has 0 aromatic heterocycles. The lowest BCUT2D eigenvalue weighted by atomic mass is 9.98. The topological polar surface area (TPSA) is 81.1 Å². The quantitative estimate of drug-likeness (QED) is 0.691. The number of urea groups is 1. The zero-order valence-electron chi connectivity index (χ0n) is 11.8. The van der Waals surface area contributed by atoms with Crippen LogP contribution in [0.5, 0.6) is 0 Å². The first kappa shape index (κ1) is 16.5. The molecule has 6 nitrogen and oxygen atoms in total. The van der Waals surface area contributed by atoms with E-state index >= 15 is 0 Å². The van der Waals surface area contributed by atoms with Crippen LogP contribution in [0.4, 0.5) is 4.79 Å². The standard InChI is InChI=1S/C14H24N2O4/c1-2-8-15(10-11-17)14(20)16-9-4-3-5-12(16)6-7-13(18)19/h2,12,17H,1,3-11H2,(H,18,19). The highest BCUT2D eigenvalue weighted by Crippen LogP contribution is 2.22. The number of amides is 2. The van der Waals surface area contributed by atoms with Crippen molar-refractivity contribution < 1.29 is 19.8 Å². The third-order valence-corrected chi connectivity index (χ3v) is 3.55. The summed E-state index contributed by atoms with van der Waals surface area (Å²) in [6.07, 6.45) is 5.01. The summed E-state index contributed by atoms with van der Waals surface area (Å²) in [6, 6.07) is -0.146. The fourth-order valence-electron chi connectivity index (χ4n) is 2.57. The average molecular weight is 284 g/mol. The van der Waals surface area contributed by atoms with Gasteiger partial charge in [0.05, 0.1) is 6.61 Å². The summed E-state index contributed by atoms with van der Waals surface area (Å²) < 4.78 is 0. The molecule has 0 radical (unpaired) electrons. The minimum atomic E-state index is -0.832. The number of aliphatic hydroxyl groups is 1. The molecule has 1 atom stereocenters. The number of aliphatic hydroxyl groups excluding tert-OH is 1. The van der Waals surface area contributed by atoms with Crippen molar-refractivity contribution in [3.8, 4) is 0 Å². The lowest BCUT2D eigenvalue weighted by Gasteiger charge is -2.38. The number of carbonyl (C=O) groups is 2. The van der Waals surface area contributed by atoms with Gasteiger partial charge < -0.3 is 20.0 Å². The van der Waals surface area contributed by atoms with E-state index in [9.17, 15) is 9.59 Å². The molecule has 20 heavy (non-hydrogen) atoms. The first-order chi connectivity index (χ1) is 9.60. The average Bonchev–Trinajstić information content (AvgIpc) is 2.44. The van der Waals surface area contributed by atoms with E-state index in [4.69, 9.17) is 10.2 Å². The van der Waals surface area contributed by atoms with Gasteiger partial charge in [-0.25, -0.2) is 4.79 Å². The van der Waals surface area contributed by atoms with Gasteiger partial charge in [0.1, 0.15) is 0 Å². The van der Waals surface area contributed by atoms with E-state index in [1.54, 1.807) is 15.9 Å². The molecule has 0 saturated carbocycles. The number of carbonyl (C=O) groups excluding carboxylic acids is 1. The number of carboxylic acids is 1. The Bertz CT molecular complexity index is 346. The second-order valence-electron chi connectivity index (χ2n) is 5.02. The van der Waals surface area contributed by atoms with Crippen molar-refractivity contribution in [3.05, 3.63) is 12.7 Å². The van der Waals surface area contributed by atoms with Crippen LogP contribution in [0.25, 0.3) is 0 Å². The van der Waals surface area contributed by atoms with Crippen molar-refractivity contribution in [2.45, 2.75) is 38.1 Å². The van der Waals surface area contributed by atoms with E-state index in [0.29, 0.717) is 19.5 Å². The van der Waals surface area contributed by atoms with Gasteiger partial charge in [-0.2, -0.15) is 0 Å². The van der Waals surface area contributed by atoms with E-state index in [2.05, 4.69) is 6.58 Å². The summed E-state index contributed by atoms with van der Waals surface area (Å²) in [7, 11) is 0. The second-order valence-corrected chi connectivity index (χ2v) is 5.02. The van der Waals surface area contributed by atoms with Crippen LogP contribution in [-0.2, 0) is 4.79 Å². The molecule has 0 spiro atoms. The lowest BCUT2D eigenvalue weighted by molar-refractivity contribution is -0.137. The van der Waals surface area contributed by atoms with Crippen molar-refractivity contribution in [1.82, 2.24) is 9.80 Å². The van der Waals surface area contributed by atoms with Gasteiger partial charge in [-0.15, -0.1) is 6.58 Å². The Morgan fingerprint density at radius 3 is 2.75 bits per heavy atom. The molecule has 2 amide bonds. The third kappa shape index (κ3) is 4.85. The van der Waals surface area contributed by atoms with Crippen LogP contribution < -0.4 is 0 Å². The van der Waals surface area contributed by atoms with Crippen molar-refractivity contribution in [3.63, 3.8) is 0 Å². The Balaban J connectivity index is 2.68. The van der Waals surface area contributed by atoms with Crippen molar-refractivity contribution in [1.29, 1.82) is 0 Å². The van der Waals surface area contributed by atoms with E-state index in [-0.39, 0.29) is 31.6 Å². The molecule has 1 heterocycles. The van der Waals surface area contributed by atoms with Crippen LogP contribution >= 0.6 is 0 Å². The molecule has 0 aliphatic carbocycles. The normalized spacial score (nSPS) is 18.6. The van der Waals surface area contributed by atoms with E-state index < -0.39 is 5.97 Å². The van der Waals surface area contributed by atoms with Crippen LogP contribution in [0.1, 0.15) is 32.1 Å². The van der Waals surface area contributed by atoms with E-state index in [1.807, 2.05) is 0 Å². The summed E-state index contributed by atoms with van der Waals surface area (Å²) in [4.78, 5) is 26.5. The van der Waals surface area contributed by atoms with Crippen molar-refractivity contribution >= 4 is 12.0 Å². The molecular formula is C14H24N2O4. The number of likely N-dealkylation sites (tertiary alicyclic amines) is 1. The first-order valence-electron chi connectivity index (χ1n) is 7.09. The van der Waals surface area contributed by atoms with Crippen LogP contribution in [0, 0.1) is 0 Å². The third-order valence-electron chi connectivity index (χ3n) is 3.55. The van der Waals surface area contributed by atoms with Crippen LogP contribution in [0.15, 0.2) is 12.7 Å². The smallest absolute Gasteiger partial charge is 0.320 e. The Labute approximate surface area is 119 Å². The number of nitrogens with zero attached hydrogens (tertiary/aromatic N) is 2. The molecule has 1 fully saturated rings. The first-order valence-corrected chi connectivity index (χ1v) is 7.09. The summed E-state index contributed by atoms with van der Waals surface area (Å²) in [5, 5.41) is 17.8. The zero-order valence-corrected chi connectivity index (χ0v) is 11.8. The number of piperidine rings is 1. The Kier molecular flexibility index (Phi) is 7.08. The molecular weight excluding hydrogens is 260 g/mol. The predicted molar refractivity (Wildman–Crippen MR) is 75.5 cm³/mol. The maximum atomic E-state index is 12.5. The lowest BCUT2D eigenvalue weighted by Crippen LogP contribution is -2.51. The Hall–Kier alpha value is -1.56. The fraction of sp³-hybridized carbons (Fsp3) is 0.714. The van der Waals surface area contributed by atoms with Gasteiger partial charge in [-0.3, -0.25) is 4.79 Å². The minimum absolute atomic E-state index is 0.0154. The van der Waals surface area contributed by atoms with Crippen LogP contribution in [0.3, 0.4) is 0 Å². The number of hydrogen-bond donors (Lipinski definition) is 2. The maximum absolute atomic E-state index is 12.5. The summed E-state index contributed by atoms with van der Waals surface area (Å²) in [5.41, 5.74) is 0. The number of aliphatic carboxylic acids is 1. The molecule has 1 aliphatic heterocycles. The summed E-state index contributed by atoms with van der Waals surface area (Å²) in [5.74, 6) is -0.832. The molecule has 1 rings (SSSR count). The van der Waals surface area contributed by atoms with Gasteiger partial charge in [-0.1, -0.05) is 6.08 Å². The molecule has 114 valence electrons. The van der Waals surface area contributed by atoms with Gasteiger partial charge in [0, 0.05) is 32.1 Å². The highest BCUT2D eigenvalue weighted by Gasteiger charge is 2.29. The summed E-state index contributed by atoms with van der Waals surface area (Å²) in [6.45, 7) is 4.84. The number of hydrogen-bond acceptors (Lipinski definition) is 3. The second kappa shape index (κ2) is 8.58. The zero-order chi connectivity index (χ0) is 15.0. The SMILES string of the molecule is C=CCN(CCO)C(=O)N1CCCCC1CCC(=O)O. The number of rotatable bonds is 7. The largest absolute Gasteiger partial charge is 0.481 e. The molecule has 0 bridgehead atoms. The highest BCUT2D eigenvalue weighted by atomic mass is 16.4. The molecule has 0 aromatic rings. The minimum Gasteiger partial charge on any atom is -0.481 e. The molecule has 1 unspecified atom stereocenters. The van der Waals surface area contributed by atoms with Gasteiger partial charge in [0.2, 0.25) is 0 Å². The molecule has 6 heteroatoms. The predicted octanol–water partition coefficient (Wildman–Crippen LogP) is 1.31. The fourth-order valence-corrected chi connectivity index (χ4v) is 2.57. The molecule has 1 aliphatic rings. The number of carboxylic acid groups (broad SMARTS) is 1. The monoisotopic (exact) mass is 284 g/mol. The molecule has 0 aromatic carbocycles. The van der Waals surface area contributed by atoms with E-state index in [1.165, 1.54) is 0 Å². The highest BCUT2D eigenvalue weighted by molar-refractivity contribution is 5.75. The van der Waals surface area contributed by atoms with Gasteiger partial charge in [-0.05, 0) is 25.7 Å². The Morgan fingerprint density at radius 1 is 1.40 bits per heavy atom. The van der Waals surface area contributed by atoms with Crippen molar-refractivity contribution in [2.24, 2.45) is 0 Å². The molecule has 1 saturated heterocycles. The van der Waals surface area contributed by atoms with Crippen molar-refractivity contribution in [2.75, 3.05) is 26.2 Å². The van der Waals surface area contributed by atoms with Crippen LogP contribution in [-0.4, -0.2) is 64.3 Å². The van der Waals surface area contributed by atoms with Gasteiger partial charge in [0.15, 0.2) is 0 Å². The van der Waals surface area contributed by atoms with Gasteiger partial charge in [0.25, 0.3) is 0 Å². The molecule has 2 N–H and O–H groups in total.